The highest BCUT2D eigenvalue weighted by atomic mass is 19.4. The van der Waals surface area contributed by atoms with E-state index in [2.05, 4.69) is 5.32 Å². The Kier molecular flexibility index (Phi) is 11.0. The van der Waals surface area contributed by atoms with Crippen molar-refractivity contribution in [3.05, 3.63) is 71.8 Å². The number of hydrogen-bond donors (Lipinski definition) is 4. The topological polar surface area (TPSA) is 85.2 Å². The van der Waals surface area contributed by atoms with Crippen LogP contribution in [0.4, 0.5) is 26.3 Å². The third-order valence-corrected chi connectivity index (χ3v) is 7.59. The number of likely N-dealkylation sites (tertiary alicyclic amines) is 1. The van der Waals surface area contributed by atoms with Crippen molar-refractivity contribution in [3.8, 4) is 0 Å². The molecule has 40 heavy (non-hydrogen) atoms. The van der Waals surface area contributed by atoms with Gasteiger partial charge in [0.05, 0.1) is 19.8 Å². The maximum Gasteiger partial charge on any atom is 0.419 e. The SMILES string of the molecule is OC(COCc1ccccc1)(C1CCN(Cc2ccccc2)C1)C(F)(F)F.OCC(O)(C1CCNC1)C(F)(F)F. The molecule has 0 aromatic heterocycles. The van der Waals surface area contributed by atoms with E-state index in [1.54, 1.807) is 24.3 Å². The highest BCUT2D eigenvalue weighted by Crippen LogP contribution is 2.41. The average Bonchev–Trinajstić information content (AvgIpc) is 3.62. The van der Waals surface area contributed by atoms with Gasteiger partial charge < -0.3 is 25.4 Å². The molecule has 2 aromatic carbocycles. The molecule has 0 radical (unpaired) electrons. The Morgan fingerprint density at radius 2 is 1.38 bits per heavy atom. The monoisotopic (exact) mass is 578 g/mol. The Morgan fingerprint density at radius 1 is 0.800 bits per heavy atom. The first-order valence-corrected chi connectivity index (χ1v) is 13.1. The van der Waals surface area contributed by atoms with Gasteiger partial charge in [-0.2, -0.15) is 26.3 Å². The minimum atomic E-state index is -4.77. The highest BCUT2D eigenvalue weighted by Gasteiger charge is 2.60. The lowest BCUT2D eigenvalue weighted by Crippen LogP contribution is -2.55. The van der Waals surface area contributed by atoms with Gasteiger partial charge in [0.15, 0.2) is 11.2 Å². The number of alkyl halides is 6. The number of halogens is 6. The molecule has 224 valence electrons. The van der Waals surface area contributed by atoms with Gasteiger partial charge in [-0.15, -0.1) is 0 Å². The van der Waals surface area contributed by atoms with Gasteiger partial charge in [0.2, 0.25) is 0 Å². The zero-order valence-corrected chi connectivity index (χ0v) is 22.0. The second kappa shape index (κ2) is 13.6. The summed E-state index contributed by atoms with van der Waals surface area (Å²) in [6, 6.07) is 18.6. The fourth-order valence-electron chi connectivity index (χ4n) is 5.05. The molecule has 0 bridgehead atoms. The van der Waals surface area contributed by atoms with Gasteiger partial charge in [0.1, 0.15) is 0 Å². The molecule has 2 fully saturated rings. The van der Waals surface area contributed by atoms with Gasteiger partial charge in [-0.25, -0.2) is 0 Å². The summed E-state index contributed by atoms with van der Waals surface area (Å²) in [4.78, 5) is 1.95. The van der Waals surface area contributed by atoms with Crippen molar-refractivity contribution in [2.45, 2.75) is 49.5 Å². The van der Waals surface area contributed by atoms with Gasteiger partial charge in [-0.1, -0.05) is 60.7 Å². The van der Waals surface area contributed by atoms with Crippen LogP contribution in [0.25, 0.3) is 0 Å². The lowest BCUT2D eigenvalue weighted by atomic mass is 9.86. The number of ether oxygens (including phenoxy) is 1. The van der Waals surface area contributed by atoms with Gasteiger partial charge in [0, 0.05) is 31.5 Å². The minimum absolute atomic E-state index is 0.0413. The quantitative estimate of drug-likeness (QED) is 0.338. The predicted octanol–water partition coefficient (Wildman–Crippen LogP) is 3.90. The fourth-order valence-corrected chi connectivity index (χ4v) is 5.05. The molecular formula is C28H36F6N2O4. The van der Waals surface area contributed by atoms with Crippen LogP contribution in [0.3, 0.4) is 0 Å². The molecule has 2 saturated heterocycles. The number of benzene rings is 2. The van der Waals surface area contributed by atoms with E-state index in [1.807, 2.05) is 41.3 Å². The molecule has 2 aromatic rings. The van der Waals surface area contributed by atoms with Crippen molar-refractivity contribution in [2.75, 3.05) is 39.4 Å². The summed E-state index contributed by atoms with van der Waals surface area (Å²) in [5, 5.41) is 31.1. The summed E-state index contributed by atoms with van der Waals surface area (Å²) < 4.78 is 83.3. The van der Waals surface area contributed by atoms with E-state index in [1.165, 1.54) is 0 Å². The second-order valence-corrected chi connectivity index (χ2v) is 10.4. The van der Waals surface area contributed by atoms with Crippen LogP contribution < -0.4 is 5.32 Å². The molecule has 2 aliphatic heterocycles. The van der Waals surface area contributed by atoms with Gasteiger partial charge in [-0.3, -0.25) is 4.90 Å². The molecule has 12 heteroatoms. The van der Waals surface area contributed by atoms with Crippen LogP contribution in [0.1, 0.15) is 24.0 Å². The summed E-state index contributed by atoms with van der Waals surface area (Å²) in [5.41, 5.74) is -3.96. The van der Waals surface area contributed by atoms with Crippen molar-refractivity contribution in [2.24, 2.45) is 11.8 Å². The van der Waals surface area contributed by atoms with E-state index >= 15 is 0 Å². The van der Waals surface area contributed by atoms with Crippen molar-refractivity contribution < 1.29 is 46.4 Å². The summed E-state index contributed by atoms with van der Waals surface area (Å²) in [7, 11) is 0. The number of hydrogen-bond acceptors (Lipinski definition) is 6. The zero-order valence-electron chi connectivity index (χ0n) is 22.0. The smallest absolute Gasteiger partial charge is 0.393 e. The van der Waals surface area contributed by atoms with Gasteiger partial charge in [-0.05, 0) is 37.1 Å². The minimum Gasteiger partial charge on any atom is -0.393 e. The van der Waals surface area contributed by atoms with Crippen LogP contribution in [0.2, 0.25) is 0 Å². The number of nitrogens with zero attached hydrogens (tertiary/aromatic N) is 1. The Labute approximate surface area is 229 Å². The van der Waals surface area contributed by atoms with Crippen LogP contribution in [0, 0.1) is 11.8 Å². The molecule has 6 nitrogen and oxygen atoms in total. The molecular weight excluding hydrogens is 542 g/mol. The number of rotatable bonds is 9. The Hall–Kier alpha value is -2.22. The zero-order chi connectivity index (χ0) is 29.4. The van der Waals surface area contributed by atoms with Crippen LogP contribution in [-0.2, 0) is 17.9 Å². The molecule has 0 spiro atoms. The van der Waals surface area contributed by atoms with Crippen LogP contribution in [-0.4, -0.2) is 83.2 Å². The van der Waals surface area contributed by atoms with Crippen LogP contribution in [0.15, 0.2) is 60.7 Å². The third-order valence-electron chi connectivity index (χ3n) is 7.59. The molecule has 0 amide bonds. The predicted molar refractivity (Wildman–Crippen MR) is 136 cm³/mol. The van der Waals surface area contributed by atoms with Crippen molar-refractivity contribution in [1.29, 1.82) is 0 Å². The Morgan fingerprint density at radius 3 is 1.88 bits per heavy atom. The maximum absolute atomic E-state index is 13.7. The molecule has 4 rings (SSSR count). The van der Waals surface area contributed by atoms with E-state index in [0.29, 0.717) is 19.6 Å². The fraction of sp³-hybridized carbons (Fsp3) is 0.571. The van der Waals surface area contributed by atoms with Crippen LogP contribution in [0.5, 0.6) is 0 Å². The summed E-state index contributed by atoms with van der Waals surface area (Å²) in [5.74, 6) is -1.85. The first-order valence-electron chi connectivity index (χ1n) is 13.1. The molecule has 0 aliphatic carbocycles. The summed E-state index contributed by atoms with van der Waals surface area (Å²) >= 11 is 0. The first-order chi connectivity index (χ1) is 18.8. The highest BCUT2D eigenvalue weighted by molar-refractivity contribution is 5.15. The molecule has 2 heterocycles. The average molecular weight is 579 g/mol. The van der Waals surface area contributed by atoms with Crippen molar-refractivity contribution in [1.82, 2.24) is 10.2 Å². The van der Waals surface area contributed by atoms with Gasteiger partial charge >= 0.3 is 12.4 Å². The Balaban J connectivity index is 0.000000285. The van der Waals surface area contributed by atoms with E-state index in [4.69, 9.17) is 9.84 Å². The molecule has 2 aliphatic rings. The maximum atomic E-state index is 13.7. The standard InChI is InChI=1S/C21H24F3NO2.C7H12F3NO2/c22-21(23,24)20(26,16-27-15-18-9-5-2-6-10-18)19-11-12-25(14-19)13-17-7-3-1-4-8-17;8-7(9,10)6(13,4-12)5-1-2-11-3-5/h1-10,19,26H,11-16H2;5,11-13H,1-4H2. The molecule has 4 atom stereocenters. The normalized spacial score (nSPS) is 23.2. The third kappa shape index (κ3) is 7.95. The molecule has 0 saturated carbocycles. The lowest BCUT2D eigenvalue weighted by Gasteiger charge is -2.35. The molecule has 4 unspecified atom stereocenters. The largest absolute Gasteiger partial charge is 0.419 e. The van der Waals surface area contributed by atoms with Crippen molar-refractivity contribution >= 4 is 0 Å². The second-order valence-electron chi connectivity index (χ2n) is 10.4. The van der Waals surface area contributed by atoms with E-state index in [9.17, 15) is 36.6 Å². The Bertz CT molecular complexity index is 1020. The lowest BCUT2D eigenvalue weighted by molar-refractivity contribution is -0.293. The first kappa shape index (κ1) is 32.3. The van der Waals surface area contributed by atoms with E-state index < -0.39 is 48.6 Å². The van der Waals surface area contributed by atoms with E-state index in [-0.39, 0.29) is 32.5 Å². The summed E-state index contributed by atoms with van der Waals surface area (Å²) in [6.07, 6.45) is -8.98. The number of aliphatic hydroxyl groups is 3. The van der Waals surface area contributed by atoms with E-state index in [0.717, 1.165) is 11.1 Å². The number of aliphatic hydroxyl groups excluding tert-OH is 1. The van der Waals surface area contributed by atoms with Crippen molar-refractivity contribution in [3.63, 3.8) is 0 Å². The van der Waals surface area contributed by atoms with Gasteiger partial charge in [0.25, 0.3) is 0 Å². The van der Waals surface area contributed by atoms with Crippen LogP contribution >= 0.6 is 0 Å². The number of nitrogens with one attached hydrogen (secondary N) is 1. The summed E-state index contributed by atoms with van der Waals surface area (Å²) in [6.45, 7) is -0.149. The molecule has 4 N–H and O–H groups in total.